The maximum atomic E-state index is 11.3. The molecule has 0 saturated carbocycles. The zero-order valence-electron chi connectivity index (χ0n) is 15.9. The largest absolute Gasteiger partial charge is 0.544 e. The van der Waals surface area contributed by atoms with Gasteiger partial charge in [0.15, 0.2) is 0 Å². The van der Waals surface area contributed by atoms with Gasteiger partial charge in [-0.15, -0.1) is 0 Å². The van der Waals surface area contributed by atoms with Crippen molar-refractivity contribution in [1.82, 2.24) is 5.32 Å². The Kier molecular flexibility index (Phi) is 12.3. The van der Waals surface area contributed by atoms with Gasteiger partial charge in [-0.3, -0.25) is 4.79 Å². The third-order valence-corrected chi connectivity index (χ3v) is 4.17. The Morgan fingerprint density at radius 3 is 1.83 bits per heavy atom. The van der Waals surface area contributed by atoms with Gasteiger partial charge in [0.05, 0.1) is 26.6 Å². The van der Waals surface area contributed by atoms with E-state index in [4.69, 9.17) is 0 Å². The normalized spacial score (nSPS) is 11.3. The van der Waals surface area contributed by atoms with Crippen LogP contribution in [0.25, 0.3) is 0 Å². The number of amides is 1. The number of rotatable bonds is 15. The Hall–Kier alpha value is -1.36. The first kappa shape index (κ1) is 22.6. The number of likely N-dealkylation sites (N-methyl/N-ethyl adjacent to an activating group) is 1. The van der Waals surface area contributed by atoms with Crippen molar-refractivity contribution in [3.05, 3.63) is 12.2 Å². The number of quaternary nitrogens is 1. The summed E-state index contributed by atoms with van der Waals surface area (Å²) < 4.78 is 0.504. The van der Waals surface area contributed by atoms with Crippen molar-refractivity contribution in [2.45, 2.75) is 64.7 Å². The van der Waals surface area contributed by atoms with Crippen LogP contribution in [0.2, 0.25) is 0 Å². The predicted octanol–water partition coefficient (Wildman–Crippen LogP) is 2.02. The molecule has 0 aromatic rings. The molecule has 5 nitrogen and oxygen atoms in total. The van der Waals surface area contributed by atoms with Gasteiger partial charge in [-0.1, -0.05) is 45.1 Å². The lowest BCUT2D eigenvalue weighted by Gasteiger charge is -2.30. The van der Waals surface area contributed by atoms with Crippen molar-refractivity contribution >= 4 is 11.9 Å². The van der Waals surface area contributed by atoms with Crippen molar-refractivity contribution in [2.24, 2.45) is 0 Å². The Morgan fingerprint density at radius 1 is 0.917 bits per heavy atom. The average molecular weight is 341 g/mol. The summed E-state index contributed by atoms with van der Waals surface area (Å²) in [5.41, 5.74) is 0.566. The second kappa shape index (κ2) is 13.0. The summed E-state index contributed by atoms with van der Waals surface area (Å²) in [6.07, 6.45) is 10.6. The molecule has 0 radical (unpaired) electrons. The summed E-state index contributed by atoms with van der Waals surface area (Å²) in [6.45, 7) is 7.05. The van der Waals surface area contributed by atoms with E-state index >= 15 is 0 Å². The van der Waals surface area contributed by atoms with Gasteiger partial charge < -0.3 is 19.7 Å². The molecule has 0 atom stereocenters. The molecule has 0 heterocycles. The highest BCUT2D eigenvalue weighted by Crippen LogP contribution is 2.11. The molecule has 0 aliphatic carbocycles. The number of carbonyl (C=O) groups excluding carboxylic acids is 2. The molecule has 0 aromatic heterocycles. The van der Waals surface area contributed by atoms with E-state index in [9.17, 15) is 14.7 Å². The van der Waals surface area contributed by atoms with Crippen molar-refractivity contribution in [2.75, 3.05) is 33.7 Å². The monoisotopic (exact) mass is 340 g/mol. The molecular formula is C19H36N2O3. The van der Waals surface area contributed by atoms with Gasteiger partial charge >= 0.3 is 0 Å². The summed E-state index contributed by atoms with van der Waals surface area (Å²) >= 11 is 0. The minimum atomic E-state index is -0.973. The minimum Gasteiger partial charge on any atom is -0.544 e. The van der Waals surface area contributed by atoms with Crippen molar-refractivity contribution in [3.8, 4) is 0 Å². The van der Waals surface area contributed by atoms with Crippen LogP contribution in [0.5, 0.6) is 0 Å². The molecule has 0 spiro atoms. The maximum absolute atomic E-state index is 11.3. The van der Waals surface area contributed by atoms with E-state index in [0.717, 1.165) is 32.4 Å². The number of carbonyl (C=O) groups is 2. The Balaban J connectivity index is 3.33. The average Bonchev–Trinajstić information content (AvgIpc) is 2.46. The minimum absolute atomic E-state index is 0.0450. The number of carboxylic acids is 1. The Morgan fingerprint density at radius 2 is 1.38 bits per heavy atom. The molecule has 140 valence electrons. The van der Waals surface area contributed by atoms with Gasteiger partial charge in [-0.05, 0) is 26.2 Å². The van der Waals surface area contributed by atoms with Crippen molar-refractivity contribution in [1.29, 1.82) is 0 Å². The summed E-state index contributed by atoms with van der Waals surface area (Å²) in [5, 5.41) is 13.5. The smallest absolute Gasteiger partial charge is 0.246 e. The standard InChI is InChI=1S/C19H36N2O3/c1-17(2)19(24)20-14-12-10-8-6-5-7-9-11-13-15-21(3,4)16-18(22)23/h1,5-16H2,2-4H3,(H-,20,22,23,24). The van der Waals surface area contributed by atoms with Gasteiger partial charge in [-0.25, -0.2) is 0 Å². The second-order valence-corrected chi connectivity index (χ2v) is 7.41. The number of nitrogens with zero attached hydrogens (tertiary/aromatic N) is 1. The summed E-state index contributed by atoms with van der Waals surface area (Å²) in [5.74, 6) is -1.02. The van der Waals surface area contributed by atoms with Crippen LogP contribution in [-0.2, 0) is 9.59 Å². The Bertz CT molecular complexity index is 392. The fourth-order valence-corrected chi connectivity index (χ4v) is 2.68. The quantitative estimate of drug-likeness (QED) is 0.282. The molecule has 1 amide bonds. The van der Waals surface area contributed by atoms with Gasteiger partial charge in [0.2, 0.25) is 5.91 Å². The number of unbranched alkanes of at least 4 members (excludes halogenated alkanes) is 8. The molecule has 0 fully saturated rings. The van der Waals surface area contributed by atoms with Gasteiger partial charge in [-0.2, -0.15) is 0 Å². The zero-order chi connectivity index (χ0) is 18.4. The zero-order valence-corrected chi connectivity index (χ0v) is 15.9. The number of hydrogen-bond acceptors (Lipinski definition) is 3. The van der Waals surface area contributed by atoms with Crippen LogP contribution in [0.4, 0.5) is 0 Å². The lowest BCUT2D eigenvalue weighted by Crippen LogP contribution is -2.48. The fourth-order valence-electron chi connectivity index (χ4n) is 2.68. The number of aliphatic carboxylic acids is 1. The molecule has 0 saturated heterocycles. The summed E-state index contributed by atoms with van der Waals surface area (Å²) in [6, 6.07) is 0. The van der Waals surface area contributed by atoms with E-state index < -0.39 is 5.97 Å². The highest BCUT2D eigenvalue weighted by Gasteiger charge is 2.14. The van der Waals surface area contributed by atoms with Crippen LogP contribution in [0.1, 0.15) is 64.7 Å². The van der Waals surface area contributed by atoms with E-state index in [0.29, 0.717) is 10.1 Å². The van der Waals surface area contributed by atoms with Crippen molar-refractivity contribution in [3.63, 3.8) is 0 Å². The maximum Gasteiger partial charge on any atom is 0.246 e. The molecule has 0 rings (SSSR count). The van der Waals surface area contributed by atoms with E-state index in [2.05, 4.69) is 11.9 Å². The molecule has 0 bridgehead atoms. The van der Waals surface area contributed by atoms with Gasteiger partial charge in [0, 0.05) is 12.1 Å². The van der Waals surface area contributed by atoms with Gasteiger partial charge in [0.25, 0.3) is 0 Å². The topological polar surface area (TPSA) is 69.2 Å². The Labute approximate surface area is 147 Å². The fraction of sp³-hybridized carbons (Fsp3) is 0.789. The van der Waals surface area contributed by atoms with Crippen LogP contribution in [0.15, 0.2) is 12.2 Å². The third-order valence-electron chi connectivity index (χ3n) is 4.17. The predicted molar refractivity (Wildman–Crippen MR) is 96.2 cm³/mol. The summed E-state index contributed by atoms with van der Waals surface area (Å²) in [7, 11) is 3.88. The molecular weight excluding hydrogens is 304 g/mol. The van der Waals surface area contributed by atoms with Crippen LogP contribution >= 0.6 is 0 Å². The number of nitrogens with one attached hydrogen (secondary N) is 1. The third kappa shape index (κ3) is 14.2. The van der Waals surface area contributed by atoms with Crippen LogP contribution in [0.3, 0.4) is 0 Å². The molecule has 0 aliphatic heterocycles. The first-order valence-corrected chi connectivity index (χ1v) is 9.20. The SMILES string of the molecule is C=C(C)C(=O)NCCCCCCCCCCC[N+](C)(C)CC(=O)[O-]. The first-order chi connectivity index (χ1) is 11.2. The van der Waals surface area contributed by atoms with Crippen molar-refractivity contribution < 1.29 is 19.2 Å². The van der Waals surface area contributed by atoms with Crippen LogP contribution in [-0.4, -0.2) is 50.1 Å². The first-order valence-electron chi connectivity index (χ1n) is 9.20. The lowest BCUT2D eigenvalue weighted by molar-refractivity contribution is -0.885. The van der Waals surface area contributed by atoms with E-state index in [-0.39, 0.29) is 12.5 Å². The van der Waals surface area contributed by atoms with E-state index in [1.165, 1.54) is 38.5 Å². The highest BCUT2D eigenvalue weighted by atomic mass is 16.4. The number of hydrogen-bond donors (Lipinski definition) is 1. The molecule has 0 aromatic carbocycles. The molecule has 0 unspecified atom stereocenters. The summed E-state index contributed by atoms with van der Waals surface area (Å²) in [4.78, 5) is 21.9. The molecule has 24 heavy (non-hydrogen) atoms. The van der Waals surface area contributed by atoms with Crippen LogP contribution in [0, 0.1) is 0 Å². The van der Waals surface area contributed by atoms with E-state index in [1.54, 1.807) is 6.92 Å². The lowest BCUT2D eigenvalue weighted by atomic mass is 10.1. The van der Waals surface area contributed by atoms with E-state index in [1.807, 2.05) is 14.1 Å². The molecule has 1 N–H and O–H groups in total. The highest BCUT2D eigenvalue weighted by molar-refractivity contribution is 5.91. The second-order valence-electron chi connectivity index (χ2n) is 7.41. The van der Waals surface area contributed by atoms with Gasteiger partial charge in [0.1, 0.15) is 6.54 Å². The molecule has 0 aliphatic rings. The number of carboxylic acid groups (broad SMARTS) is 1. The molecule has 5 heteroatoms. The van der Waals surface area contributed by atoms with Crippen LogP contribution < -0.4 is 10.4 Å².